The van der Waals surface area contributed by atoms with Crippen molar-refractivity contribution in [2.24, 2.45) is 0 Å². The van der Waals surface area contributed by atoms with Gasteiger partial charge in [0.15, 0.2) is 0 Å². The predicted octanol–water partition coefficient (Wildman–Crippen LogP) is 3.37. The Kier molecular flexibility index (Phi) is 8.19. The minimum atomic E-state index is -0.591. The third-order valence-electron chi connectivity index (χ3n) is 3.98. The lowest BCUT2D eigenvalue weighted by Gasteiger charge is -2.22. The maximum Gasteiger partial charge on any atom is 0.127 e. The zero-order chi connectivity index (χ0) is 18.9. The molecule has 0 saturated heterocycles. The van der Waals surface area contributed by atoms with E-state index in [0.717, 1.165) is 22.6 Å². The highest BCUT2D eigenvalue weighted by Gasteiger charge is 2.12. The lowest BCUT2D eigenvalue weighted by Crippen LogP contribution is -2.32. The van der Waals surface area contributed by atoms with E-state index in [1.807, 2.05) is 54.4 Å². The van der Waals surface area contributed by atoms with Gasteiger partial charge in [-0.25, -0.2) is 0 Å². The van der Waals surface area contributed by atoms with Gasteiger partial charge in [-0.3, -0.25) is 4.90 Å². The highest BCUT2D eigenvalue weighted by atomic mass is 35.5. The van der Waals surface area contributed by atoms with Crippen LogP contribution in [0.5, 0.6) is 11.5 Å². The fourth-order valence-corrected chi connectivity index (χ4v) is 2.86. The molecule has 1 atom stereocenters. The van der Waals surface area contributed by atoms with Crippen LogP contribution in [0.1, 0.15) is 11.1 Å². The molecule has 6 heteroatoms. The van der Waals surface area contributed by atoms with Crippen LogP contribution in [-0.4, -0.2) is 50.5 Å². The average Bonchev–Trinajstić information content (AvgIpc) is 2.63. The maximum absolute atomic E-state index is 10.2. The van der Waals surface area contributed by atoms with Crippen molar-refractivity contribution in [3.63, 3.8) is 0 Å². The highest BCUT2D eigenvalue weighted by Crippen LogP contribution is 2.25. The number of likely N-dealkylation sites (N-methyl/N-ethyl adjacent to an activating group) is 1. The molecule has 142 valence electrons. The molecule has 0 fully saturated rings. The molecule has 0 aromatic heterocycles. The first-order valence-corrected chi connectivity index (χ1v) is 8.80. The first kappa shape index (κ1) is 20.5. The smallest absolute Gasteiger partial charge is 0.127 e. The number of nitrogens with zero attached hydrogens (tertiary/aromatic N) is 1. The lowest BCUT2D eigenvalue weighted by molar-refractivity contribution is 0.0126. The third-order valence-corrected chi connectivity index (χ3v) is 4.35. The van der Waals surface area contributed by atoms with Crippen LogP contribution >= 0.6 is 11.6 Å². The van der Waals surface area contributed by atoms with E-state index in [1.54, 1.807) is 14.2 Å². The number of hydrogen-bond acceptors (Lipinski definition) is 5. The molecule has 0 spiro atoms. The van der Waals surface area contributed by atoms with Crippen molar-refractivity contribution in [1.82, 2.24) is 4.90 Å². The summed E-state index contributed by atoms with van der Waals surface area (Å²) in [4.78, 5) is 2.02. The van der Waals surface area contributed by atoms with Crippen molar-refractivity contribution >= 4 is 11.6 Å². The Morgan fingerprint density at radius 2 is 1.85 bits per heavy atom. The standard InChI is InChI=1S/C20H26ClNO4/c1-22(11-15-8-9-18(24-2)10-20(15)25-3)12-17(23)14-26-13-16-6-4-5-7-19(16)21/h4-10,17,23H,11-14H2,1-3H3/t17-/m0/s1. The monoisotopic (exact) mass is 379 g/mol. The van der Waals surface area contributed by atoms with Crippen LogP contribution in [0.3, 0.4) is 0 Å². The molecule has 1 N–H and O–H groups in total. The van der Waals surface area contributed by atoms with Gasteiger partial charge in [-0.1, -0.05) is 35.9 Å². The van der Waals surface area contributed by atoms with Gasteiger partial charge in [0.2, 0.25) is 0 Å². The van der Waals surface area contributed by atoms with E-state index in [2.05, 4.69) is 0 Å². The summed E-state index contributed by atoms with van der Waals surface area (Å²) in [5, 5.41) is 10.9. The van der Waals surface area contributed by atoms with Crippen molar-refractivity contribution < 1.29 is 19.3 Å². The minimum absolute atomic E-state index is 0.245. The summed E-state index contributed by atoms with van der Waals surface area (Å²) in [6, 6.07) is 13.2. The lowest BCUT2D eigenvalue weighted by atomic mass is 10.1. The van der Waals surface area contributed by atoms with Crippen molar-refractivity contribution in [1.29, 1.82) is 0 Å². The molecular weight excluding hydrogens is 354 g/mol. The number of aliphatic hydroxyl groups excluding tert-OH is 1. The summed E-state index contributed by atoms with van der Waals surface area (Å²) in [5.74, 6) is 1.52. The largest absolute Gasteiger partial charge is 0.497 e. The summed E-state index contributed by atoms with van der Waals surface area (Å²) in [6.07, 6.45) is -0.591. The molecule has 2 rings (SSSR count). The summed E-state index contributed by atoms with van der Waals surface area (Å²) >= 11 is 6.09. The average molecular weight is 380 g/mol. The SMILES string of the molecule is COc1ccc(CN(C)C[C@H](O)COCc2ccccc2Cl)c(OC)c1. The number of aliphatic hydroxyl groups is 1. The van der Waals surface area contributed by atoms with Gasteiger partial charge in [-0.15, -0.1) is 0 Å². The Bertz CT molecular complexity index is 695. The molecule has 0 saturated carbocycles. The Hall–Kier alpha value is -1.79. The quantitative estimate of drug-likeness (QED) is 0.686. The molecule has 5 nitrogen and oxygen atoms in total. The maximum atomic E-state index is 10.2. The molecule has 0 aliphatic rings. The zero-order valence-corrected chi connectivity index (χ0v) is 16.2. The number of rotatable bonds is 10. The van der Waals surface area contributed by atoms with Crippen molar-refractivity contribution in [3.8, 4) is 11.5 Å². The molecule has 2 aromatic carbocycles. The predicted molar refractivity (Wildman–Crippen MR) is 103 cm³/mol. The minimum Gasteiger partial charge on any atom is -0.497 e. The Morgan fingerprint density at radius 1 is 1.08 bits per heavy atom. The van der Waals surface area contributed by atoms with Gasteiger partial charge in [-0.2, -0.15) is 0 Å². The summed E-state index contributed by atoms with van der Waals surface area (Å²) in [5.41, 5.74) is 1.94. The summed E-state index contributed by atoms with van der Waals surface area (Å²) in [6.45, 7) is 1.76. The van der Waals surface area contributed by atoms with Crippen LogP contribution in [0.25, 0.3) is 0 Å². The van der Waals surface area contributed by atoms with Gasteiger partial charge in [-0.05, 0) is 24.7 Å². The van der Waals surface area contributed by atoms with Crippen LogP contribution in [0.2, 0.25) is 5.02 Å². The number of hydrogen-bond donors (Lipinski definition) is 1. The third kappa shape index (κ3) is 6.18. The van der Waals surface area contributed by atoms with E-state index in [4.69, 9.17) is 25.8 Å². The molecule has 26 heavy (non-hydrogen) atoms. The van der Waals surface area contributed by atoms with E-state index < -0.39 is 6.10 Å². The highest BCUT2D eigenvalue weighted by molar-refractivity contribution is 6.31. The van der Waals surface area contributed by atoms with Crippen molar-refractivity contribution in [3.05, 3.63) is 58.6 Å². The second kappa shape index (κ2) is 10.4. The van der Waals surface area contributed by atoms with Crippen LogP contribution in [0.15, 0.2) is 42.5 Å². The van der Waals surface area contributed by atoms with Gasteiger partial charge in [0.05, 0.1) is 33.5 Å². The second-order valence-corrected chi connectivity index (χ2v) is 6.54. The normalized spacial score (nSPS) is 12.2. The molecule has 0 heterocycles. The molecule has 0 aliphatic carbocycles. The Labute approximate surface area is 160 Å². The molecule has 0 radical (unpaired) electrons. The fourth-order valence-electron chi connectivity index (χ4n) is 2.67. The number of benzene rings is 2. The Balaban J connectivity index is 1.80. The Morgan fingerprint density at radius 3 is 2.54 bits per heavy atom. The van der Waals surface area contributed by atoms with Gasteiger partial charge < -0.3 is 19.3 Å². The fraction of sp³-hybridized carbons (Fsp3) is 0.400. The van der Waals surface area contributed by atoms with Crippen LogP contribution in [-0.2, 0) is 17.9 Å². The van der Waals surface area contributed by atoms with E-state index in [9.17, 15) is 5.11 Å². The van der Waals surface area contributed by atoms with E-state index in [-0.39, 0.29) is 6.61 Å². The molecule has 0 unspecified atom stereocenters. The van der Waals surface area contributed by atoms with Gasteiger partial charge in [0, 0.05) is 29.7 Å². The van der Waals surface area contributed by atoms with Crippen LogP contribution < -0.4 is 9.47 Å². The zero-order valence-electron chi connectivity index (χ0n) is 15.4. The van der Waals surface area contributed by atoms with Crippen LogP contribution in [0.4, 0.5) is 0 Å². The van der Waals surface area contributed by atoms with E-state index >= 15 is 0 Å². The molecule has 0 bridgehead atoms. The van der Waals surface area contributed by atoms with Gasteiger partial charge >= 0.3 is 0 Å². The molecule has 0 aliphatic heterocycles. The number of halogens is 1. The van der Waals surface area contributed by atoms with Crippen molar-refractivity contribution in [2.75, 3.05) is 34.4 Å². The topological polar surface area (TPSA) is 51.2 Å². The molecular formula is C20H26ClNO4. The number of methoxy groups -OCH3 is 2. The summed E-state index contributed by atoms with van der Waals surface area (Å²) < 4.78 is 16.2. The number of ether oxygens (including phenoxy) is 3. The first-order valence-electron chi connectivity index (χ1n) is 8.42. The molecule has 0 amide bonds. The van der Waals surface area contributed by atoms with E-state index in [1.165, 1.54) is 0 Å². The first-order chi connectivity index (χ1) is 12.5. The summed E-state index contributed by atoms with van der Waals surface area (Å²) in [7, 11) is 5.20. The van der Waals surface area contributed by atoms with Gasteiger partial charge in [0.25, 0.3) is 0 Å². The van der Waals surface area contributed by atoms with Gasteiger partial charge in [0.1, 0.15) is 11.5 Å². The molecule has 2 aromatic rings. The van der Waals surface area contributed by atoms with E-state index in [0.29, 0.717) is 24.7 Å². The van der Waals surface area contributed by atoms with Crippen LogP contribution in [0, 0.1) is 0 Å². The van der Waals surface area contributed by atoms with Crippen molar-refractivity contribution in [2.45, 2.75) is 19.3 Å². The second-order valence-electron chi connectivity index (χ2n) is 6.13.